The summed E-state index contributed by atoms with van der Waals surface area (Å²) in [6.45, 7) is 3.04. The van der Waals surface area contributed by atoms with Crippen LogP contribution in [0.4, 0.5) is 0 Å². The lowest BCUT2D eigenvalue weighted by atomic mass is 9.94. The van der Waals surface area contributed by atoms with E-state index < -0.39 is 0 Å². The van der Waals surface area contributed by atoms with E-state index in [2.05, 4.69) is 17.5 Å². The molecule has 1 aliphatic carbocycles. The molecular formula is C11H19NO. The zero-order chi connectivity index (χ0) is 8.93. The van der Waals surface area contributed by atoms with E-state index in [1.165, 1.54) is 32.2 Å². The van der Waals surface area contributed by atoms with Crippen LogP contribution < -0.4 is 5.32 Å². The third-order valence-electron chi connectivity index (χ3n) is 3.00. The molecule has 2 unspecified atom stereocenters. The summed E-state index contributed by atoms with van der Waals surface area (Å²) in [5.41, 5.74) is 0. The molecular weight excluding hydrogens is 162 g/mol. The molecule has 1 aliphatic heterocycles. The van der Waals surface area contributed by atoms with Crippen LogP contribution in [0.2, 0.25) is 0 Å². The maximum atomic E-state index is 5.32. The summed E-state index contributed by atoms with van der Waals surface area (Å²) in [7, 11) is 0. The number of hydrogen-bond donors (Lipinski definition) is 1. The Balaban J connectivity index is 1.63. The molecule has 2 nitrogen and oxygen atoms in total. The van der Waals surface area contributed by atoms with Crippen molar-refractivity contribution in [1.82, 2.24) is 5.32 Å². The Morgan fingerprint density at radius 1 is 1.31 bits per heavy atom. The topological polar surface area (TPSA) is 21.3 Å². The van der Waals surface area contributed by atoms with Gasteiger partial charge in [-0.1, -0.05) is 12.2 Å². The van der Waals surface area contributed by atoms with Crippen molar-refractivity contribution < 1.29 is 4.74 Å². The van der Waals surface area contributed by atoms with Gasteiger partial charge in [-0.2, -0.15) is 0 Å². The predicted octanol–water partition coefficient (Wildman–Crippen LogP) is 1.72. The maximum Gasteiger partial charge on any atom is 0.0620 e. The lowest BCUT2D eigenvalue weighted by Crippen LogP contribution is -2.33. The zero-order valence-corrected chi connectivity index (χ0v) is 8.17. The van der Waals surface area contributed by atoms with Crippen LogP contribution in [0, 0.1) is 5.92 Å². The normalized spacial score (nSPS) is 33.8. The maximum absolute atomic E-state index is 5.32. The summed E-state index contributed by atoms with van der Waals surface area (Å²) in [6.07, 6.45) is 9.71. The molecule has 0 aromatic rings. The molecule has 2 aliphatic rings. The Morgan fingerprint density at radius 2 is 2.31 bits per heavy atom. The molecule has 2 rings (SSSR count). The second-order valence-electron chi connectivity index (χ2n) is 4.12. The fourth-order valence-corrected chi connectivity index (χ4v) is 2.07. The van der Waals surface area contributed by atoms with Crippen LogP contribution in [-0.2, 0) is 4.74 Å². The van der Waals surface area contributed by atoms with Crippen molar-refractivity contribution in [2.75, 3.05) is 19.8 Å². The Hall–Kier alpha value is -0.340. The average Bonchev–Trinajstić information content (AvgIpc) is 2.69. The highest BCUT2D eigenvalue weighted by atomic mass is 16.5. The monoisotopic (exact) mass is 181 g/mol. The lowest BCUT2D eigenvalue weighted by Gasteiger charge is -2.20. The molecule has 0 aromatic carbocycles. The van der Waals surface area contributed by atoms with Crippen molar-refractivity contribution in [3.8, 4) is 0 Å². The van der Waals surface area contributed by atoms with E-state index in [-0.39, 0.29) is 0 Å². The molecule has 2 atom stereocenters. The highest BCUT2D eigenvalue weighted by molar-refractivity contribution is 4.91. The molecule has 1 N–H and O–H groups in total. The van der Waals surface area contributed by atoms with Gasteiger partial charge in [-0.3, -0.25) is 0 Å². The van der Waals surface area contributed by atoms with Crippen molar-refractivity contribution in [2.24, 2.45) is 5.92 Å². The molecule has 2 heteroatoms. The van der Waals surface area contributed by atoms with Gasteiger partial charge in [0.05, 0.1) is 6.61 Å². The largest absolute Gasteiger partial charge is 0.380 e. The van der Waals surface area contributed by atoms with E-state index in [0.717, 1.165) is 19.1 Å². The van der Waals surface area contributed by atoms with E-state index in [0.29, 0.717) is 6.04 Å². The van der Waals surface area contributed by atoms with E-state index >= 15 is 0 Å². The van der Waals surface area contributed by atoms with E-state index in [1.54, 1.807) is 0 Å². The first-order valence-electron chi connectivity index (χ1n) is 5.41. The van der Waals surface area contributed by atoms with Crippen molar-refractivity contribution in [3.05, 3.63) is 12.2 Å². The summed E-state index contributed by atoms with van der Waals surface area (Å²) in [6, 6.07) is 0.630. The molecule has 1 saturated heterocycles. The average molecular weight is 181 g/mol. The minimum atomic E-state index is 0.630. The van der Waals surface area contributed by atoms with Gasteiger partial charge in [-0.05, 0) is 38.1 Å². The highest BCUT2D eigenvalue weighted by Crippen LogP contribution is 2.17. The Bertz CT molecular complexity index is 173. The SMILES string of the molecule is C1=CCC(CNC2CCOC2)CC1. The molecule has 1 heterocycles. The van der Waals surface area contributed by atoms with Gasteiger partial charge in [0.2, 0.25) is 0 Å². The first-order valence-corrected chi connectivity index (χ1v) is 5.41. The summed E-state index contributed by atoms with van der Waals surface area (Å²) in [4.78, 5) is 0. The molecule has 0 aromatic heterocycles. The van der Waals surface area contributed by atoms with Gasteiger partial charge in [0.1, 0.15) is 0 Å². The van der Waals surface area contributed by atoms with E-state index in [4.69, 9.17) is 4.74 Å². The minimum absolute atomic E-state index is 0.630. The Labute approximate surface area is 80.4 Å². The van der Waals surface area contributed by atoms with Crippen LogP contribution in [0.3, 0.4) is 0 Å². The van der Waals surface area contributed by atoms with Crippen molar-refractivity contribution in [2.45, 2.75) is 31.7 Å². The van der Waals surface area contributed by atoms with Crippen LogP contribution in [0.1, 0.15) is 25.7 Å². The number of allylic oxidation sites excluding steroid dienone is 2. The van der Waals surface area contributed by atoms with Crippen LogP contribution in [0.25, 0.3) is 0 Å². The third kappa shape index (κ3) is 2.82. The van der Waals surface area contributed by atoms with Gasteiger partial charge >= 0.3 is 0 Å². The highest BCUT2D eigenvalue weighted by Gasteiger charge is 2.17. The number of nitrogens with one attached hydrogen (secondary N) is 1. The van der Waals surface area contributed by atoms with E-state index in [9.17, 15) is 0 Å². The van der Waals surface area contributed by atoms with Crippen LogP contribution >= 0.6 is 0 Å². The Kier molecular flexibility index (Phi) is 3.39. The molecule has 0 spiro atoms. The molecule has 0 saturated carbocycles. The molecule has 0 bridgehead atoms. The zero-order valence-electron chi connectivity index (χ0n) is 8.17. The molecule has 0 amide bonds. The standard InChI is InChI=1S/C11H19NO/c1-2-4-10(5-3-1)8-12-11-6-7-13-9-11/h1-2,10-12H,3-9H2. The summed E-state index contributed by atoms with van der Waals surface area (Å²) < 4.78 is 5.32. The first kappa shape index (κ1) is 9.22. The summed E-state index contributed by atoms with van der Waals surface area (Å²) >= 11 is 0. The fourth-order valence-electron chi connectivity index (χ4n) is 2.07. The van der Waals surface area contributed by atoms with Crippen LogP contribution in [-0.4, -0.2) is 25.8 Å². The van der Waals surface area contributed by atoms with E-state index in [1.807, 2.05) is 0 Å². The van der Waals surface area contributed by atoms with Gasteiger partial charge in [-0.25, -0.2) is 0 Å². The second kappa shape index (κ2) is 4.77. The lowest BCUT2D eigenvalue weighted by molar-refractivity contribution is 0.189. The second-order valence-corrected chi connectivity index (χ2v) is 4.12. The molecule has 74 valence electrons. The van der Waals surface area contributed by atoms with Crippen molar-refractivity contribution in [1.29, 1.82) is 0 Å². The fraction of sp³-hybridized carbons (Fsp3) is 0.818. The smallest absolute Gasteiger partial charge is 0.0620 e. The number of hydrogen-bond acceptors (Lipinski definition) is 2. The molecule has 1 fully saturated rings. The molecule has 13 heavy (non-hydrogen) atoms. The molecule has 0 radical (unpaired) electrons. The van der Waals surface area contributed by atoms with Crippen LogP contribution in [0.15, 0.2) is 12.2 Å². The third-order valence-corrected chi connectivity index (χ3v) is 3.00. The van der Waals surface area contributed by atoms with Crippen LogP contribution in [0.5, 0.6) is 0 Å². The quantitative estimate of drug-likeness (QED) is 0.669. The van der Waals surface area contributed by atoms with Crippen molar-refractivity contribution >= 4 is 0 Å². The number of rotatable bonds is 3. The van der Waals surface area contributed by atoms with Crippen molar-refractivity contribution in [3.63, 3.8) is 0 Å². The van der Waals surface area contributed by atoms with Gasteiger partial charge in [0.15, 0.2) is 0 Å². The predicted molar refractivity (Wildman–Crippen MR) is 53.7 cm³/mol. The van der Waals surface area contributed by atoms with Gasteiger partial charge in [0.25, 0.3) is 0 Å². The Morgan fingerprint density at radius 3 is 3.00 bits per heavy atom. The summed E-state index contributed by atoms with van der Waals surface area (Å²) in [5, 5.41) is 3.59. The number of ether oxygens (including phenoxy) is 1. The van der Waals surface area contributed by atoms with Gasteiger partial charge in [-0.15, -0.1) is 0 Å². The van der Waals surface area contributed by atoms with Gasteiger partial charge < -0.3 is 10.1 Å². The van der Waals surface area contributed by atoms with Gasteiger partial charge in [0, 0.05) is 12.6 Å². The minimum Gasteiger partial charge on any atom is -0.380 e. The first-order chi connectivity index (χ1) is 6.45. The summed E-state index contributed by atoms with van der Waals surface area (Å²) in [5.74, 6) is 0.866.